The molecule has 2 fully saturated rings. The van der Waals surface area contributed by atoms with Gasteiger partial charge < -0.3 is 10.5 Å². The summed E-state index contributed by atoms with van der Waals surface area (Å²) in [5.74, 6) is -0.197. The Morgan fingerprint density at radius 3 is 2.29 bits per heavy atom. The number of rotatable bonds is 1. The molecule has 80 valence electrons. The van der Waals surface area contributed by atoms with E-state index in [1.807, 2.05) is 0 Å². The maximum atomic E-state index is 11.7. The van der Waals surface area contributed by atoms with Crippen molar-refractivity contribution < 1.29 is 9.53 Å². The summed E-state index contributed by atoms with van der Waals surface area (Å²) in [6, 6.07) is 0. The summed E-state index contributed by atoms with van der Waals surface area (Å²) in [5, 5.41) is 0. The van der Waals surface area contributed by atoms with E-state index in [1.54, 1.807) is 0 Å². The van der Waals surface area contributed by atoms with E-state index < -0.39 is 5.54 Å². The van der Waals surface area contributed by atoms with E-state index in [2.05, 4.69) is 0 Å². The molecule has 0 aromatic heterocycles. The number of nitrogens with two attached hydrogens (primary N) is 1. The zero-order chi connectivity index (χ0) is 10.2. The highest BCUT2D eigenvalue weighted by molar-refractivity contribution is 5.82. The molecule has 2 aliphatic rings. The Bertz CT molecular complexity index is 240. The summed E-state index contributed by atoms with van der Waals surface area (Å²) in [7, 11) is 1.44. The summed E-state index contributed by atoms with van der Waals surface area (Å²) in [6.07, 6.45) is 7.65. The van der Waals surface area contributed by atoms with Crippen molar-refractivity contribution >= 4 is 5.97 Å². The molecule has 0 bridgehead atoms. The van der Waals surface area contributed by atoms with Gasteiger partial charge in [-0.3, -0.25) is 4.79 Å². The number of esters is 1. The van der Waals surface area contributed by atoms with Crippen LogP contribution in [0, 0.1) is 5.41 Å². The molecule has 2 aliphatic carbocycles. The zero-order valence-corrected chi connectivity index (χ0v) is 8.84. The highest BCUT2D eigenvalue weighted by Gasteiger charge is 2.58. The van der Waals surface area contributed by atoms with Gasteiger partial charge in [0, 0.05) is 0 Å². The molecule has 0 aromatic rings. The minimum absolute atomic E-state index is 0.0695. The summed E-state index contributed by atoms with van der Waals surface area (Å²) in [5.41, 5.74) is 5.67. The van der Waals surface area contributed by atoms with Gasteiger partial charge in [0.15, 0.2) is 0 Å². The van der Waals surface area contributed by atoms with Crippen molar-refractivity contribution in [3.8, 4) is 0 Å². The van der Waals surface area contributed by atoms with E-state index in [0.29, 0.717) is 0 Å². The molecule has 0 heterocycles. The smallest absolute Gasteiger partial charge is 0.326 e. The summed E-state index contributed by atoms with van der Waals surface area (Å²) in [6.45, 7) is 0. The zero-order valence-electron chi connectivity index (χ0n) is 8.84. The Morgan fingerprint density at radius 2 is 1.71 bits per heavy atom. The van der Waals surface area contributed by atoms with Crippen molar-refractivity contribution in [3.63, 3.8) is 0 Å². The first-order chi connectivity index (χ1) is 6.65. The van der Waals surface area contributed by atoms with Gasteiger partial charge in [0.1, 0.15) is 5.54 Å². The standard InChI is InChI=1S/C11H19NO2/c1-14-9(13)11(12)8-4-7-10(11)5-2-3-6-10/h2-8,12H2,1H3. The molecule has 2 rings (SSSR count). The van der Waals surface area contributed by atoms with Gasteiger partial charge in [-0.05, 0) is 31.1 Å². The van der Waals surface area contributed by atoms with Crippen LogP contribution in [0.3, 0.4) is 0 Å². The minimum atomic E-state index is -0.682. The van der Waals surface area contributed by atoms with Crippen molar-refractivity contribution in [3.05, 3.63) is 0 Å². The molecule has 0 aliphatic heterocycles. The molecule has 1 spiro atoms. The molecule has 0 aromatic carbocycles. The normalized spacial score (nSPS) is 35.0. The predicted octanol–water partition coefficient (Wildman–Crippen LogP) is 1.60. The molecule has 0 amide bonds. The van der Waals surface area contributed by atoms with E-state index in [0.717, 1.165) is 32.1 Å². The van der Waals surface area contributed by atoms with E-state index in [1.165, 1.54) is 20.0 Å². The first kappa shape index (κ1) is 9.97. The van der Waals surface area contributed by atoms with Gasteiger partial charge in [-0.15, -0.1) is 0 Å². The lowest BCUT2D eigenvalue weighted by atomic mass is 9.71. The van der Waals surface area contributed by atoms with Crippen LogP contribution in [0.1, 0.15) is 44.9 Å². The second-order valence-electron chi connectivity index (χ2n) is 4.80. The molecule has 3 heteroatoms. The van der Waals surface area contributed by atoms with E-state index in [9.17, 15) is 4.79 Å². The number of hydrogen-bond donors (Lipinski definition) is 1. The quantitative estimate of drug-likeness (QED) is 0.650. The van der Waals surface area contributed by atoms with Crippen LogP contribution in [0.4, 0.5) is 0 Å². The first-order valence-corrected chi connectivity index (χ1v) is 5.52. The number of carbonyl (C=O) groups is 1. The predicted molar refractivity (Wildman–Crippen MR) is 53.7 cm³/mol. The first-order valence-electron chi connectivity index (χ1n) is 5.52. The summed E-state index contributed by atoms with van der Waals surface area (Å²) in [4.78, 5) is 11.7. The van der Waals surface area contributed by atoms with Crippen LogP contribution in [0.5, 0.6) is 0 Å². The SMILES string of the molecule is COC(=O)C1(N)CCCC12CCCC2. The van der Waals surface area contributed by atoms with Crippen molar-refractivity contribution in [2.24, 2.45) is 11.1 Å². The van der Waals surface area contributed by atoms with Crippen molar-refractivity contribution in [2.45, 2.75) is 50.5 Å². The van der Waals surface area contributed by atoms with Crippen LogP contribution >= 0.6 is 0 Å². The molecule has 2 saturated carbocycles. The third kappa shape index (κ3) is 1.11. The highest BCUT2D eigenvalue weighted by atomic mass is 16.5. The fourth-order valence-corrected chi connectivity index (χ4v) is 3.44. The molecule has 3 nitrogen and oxygen atoms in total. The molecule has 0 saturated heterocycles. The second kappa shape index (κ2) is 3.23. The van der Waals surface area contributed by atoms with Gasteiger partial charge in [-0.2, -0.15) is 0 Å². The second-order valence-corrected chi connectivity index (χ2v) is 4.80. The van der Waals surface area contributed by atoms with E-state index in [-0.39, 0.29) is 11.4 Å². The van der Waals surface area contributed by atoms with Crippen molar-refractivity contribution in [1.82, 2.24) is 0 Å². The highest BCUT2D eigenvalue weighted by Crippen LogP contribution is 2.55. The Labute approximate surface area is 85.0 Å². The van der Waals surface area contributed by atoms with Crippen LogP contribution in [0.2, 0.25) is 0 Å². The maximum Gasteiger partial charge on any atom is 0.326 e. The van der Waals surface area contributed by atoms with Crippen LogP contribution in [-0.4, -0.2) is 18.6 Å². The molecule has 1 unspecified atom stereocenters. The molecule has 1 atom stereocenters. The fourth-order valence-electron chi connectivity index (χ4n) is 3.44. The number of ether oxygens (including phenoxy) is 1. The van der Waals surface area contributed by atoms with E-state index in [4.69, 9.17) is 10.5 Å². The van der Waals surface area contributed by atoms with Gasteiger partial charge in [0.05, 0.1) is 7.11 Å². The third-order valence-corrected chi connectivity index (χ3v) is 4.28. The topological polar surface area (TPSA) is 52.3 Å². The van der Waals surface area contributed by atoms with Crippen LogP contribution in [-0.2, 0) is 9.53 Å². The van der Waals surface area contributed by atoms with Crippen LogP contribution < -0.4 is 5.73 Å². The van der Waals surface area contributed by atoms with Gasteiger partial charge in [-0.25, -0.2) is 0 Å². The lowest BCUT2D eigenvalue weighted by Gasteiger charge is -2.38. The van der Waals surface area contributed by atoms with Gasteiger partial charge >= 0.3 is 5.97 Å². The Kier molecular flexibility index (Phi) is 2.30. The largest absolute Gasteiger partial charge is 0.468 e. The van der Waals surface area contributed by atoms with Crippen LogP contribution in [0.15, 0.2) is 0 Å². The van der Waals surface area contributed by atoms with Crippen LogP contribution in [0.25, 0.3) is 0 Å². The van der Waals surface area contributed by atoms with Gasteiger partial charge in [0.25, 0.3) is 0 Å². The lowest BCUT2D eigenvalue weighted by Crippen LogP contribution is -2.57. The van der Waals surface area contributed by atoms with Gasteiger partial charge in [-0.1, -0.05) is 19.3 Å². The van der Waals surface area contributed by atoms with E-state index >= 15 is 0 Å². The Morgan fingerprint density at radius 1 is 1.14 bits per heavy atom. The molecule has 0 radical (unpaired) electrons. The average Bonchev–Trinajstić information content (AvgIpc) is 2.77. The van der Waals surface area contributed by atoms with Crippen molar-refractivity contribution in [1.29, 1.82) is 0 Å². The Balaban J connectivity index is 2.28. The average molecular weight is 197 g/mol. The molecule has 14 heavy (non-hydrogen) atoms. The third-order valence-electron chi connectivity index (χ3n) is 4.28. The van der Waals surface area contributed by atoms with Gasteiger partial charge in [0.2, 0.25) is 0 Å². The Hall–Kier alpha value is -0.570. The number of methoxy groups -OCH3 is 1. The fraction of sp³-hybridized carbons (Fsp3) is 0.909. The maximum absolute atomic E-state index is 11.7. The summed E-state index contributed by atoms with van der Waals surface area (Å²) >= 11 is 0. The summed E-state index contributed by atoms with van der Waals surface area (Å²) < 4.78 is 4.86. The lowest BCUT2D eigenvalue weighted by molar-refractivity contribution is -0.151. The minimum Gasteiger partial charge on any atom is -0.468 e. The molecule has 2 N–H and O–H groups in total. The number of hydrogen-bond acceptors (Lipinski definition) is 3. The number of carbonyl (C=O) groups excluding carboxylic acids is 1. The van der Waals surface area contributed by atoms with Crippen molar-refractivity contribution in [2.75, 3.05) is 7.11 Å². The molecular formula is C11H19NO2. The monoisotopic (exact) mass is 197 g/mol. The molecular weight excluding hydrogens is 178 g/mol.